The molecule has 1 aliphatic carbocycles. The Bertz CT molecular complexity index is 1930. The molecule has 0 aromatic heterocycles. The van der Waals surface area contributed by atoms with Crippen molar-refractivity contribution >= 4 is 27.5 Å². The van der Waals surface area contributed by atoms with E-state index < -0.39 is 56.5 Å². The van der Waals surface area contributed by atoms with E-state index >= 15 is 4.79 Å². The number of anilines is 1. The molecule has 3 aromatic carbocycles. The van der Waals surface area contributed by atoms with Gasteiger partial charge in [-0.3, -0.25) is 14.5 Å². The van der Waals surface area contributed by atoms with E-state index in [1.54, 1.807) is 37.3 Å². The van der Waals surface area contributed by atoms with Crippen LogP contribution >= 0.6 is 0 Å². The smallest absolute Gasteiger partial charge is 0.497 e. The van der Waals surface area contributed by atoms with Crippen LogP contribution in [0.5, 0.6) is 17.2 Å². The van der Waals surface area contributed by atoms with Gasteiger partial charge >= 0.3 is 6.36 Å². The standard InChI is InChI=1S/C34H36F3N3O8S/c1-19-6-12-28(47-5)25(14-19)33(39-18-22(41)16-27(39)31(42)38(2)3)24-15-21(20-7-8-20)9-11-26(24)40(32(33)43)49(44,45)30-13-10-23(46-4)17-29(30)48-34(35,36)37/h6,9-15,17,20,22,27,41H,7-8,16,18H2,1-5H3/t22-,27+,33?/m0/s1. The van der Waals surface area contributed by atoms with Crippen molar-refractivity contribution in [1.29, 1.82) is 0 Å². The van der Waals surface area contributed by atoms with Crippen molar-refractivity contribution in [2.24, 2.45) is 0 Å². The van der Waals surface area contributed by atoms with Gasteiger partial charge in [0.1, 0.15) is 16.4 Å². The fourth-order valence-corrected chi connectivity index (χ4v) is 8.51. The highest BCUT2D eigenvalue weighted by molar-refractivity contribution is 7.93. The van der Waals surface area contributed by atoms with Crippen LogP contribution in [0.2, 0.25) is 0 Å². The van der Waals surface area contributed by atoms with Crippen molar-refractivity contribution in [3.8, 4) is 17.2 Å². The number of carbonyl (C=O) groups is 2. The second-order valence-electron chi connectivity index (χ2n) is 12.7. The number of β-amino-alcohol motifs (C(OH)–C–C–N with tert-alkyl or cyclic N) is 1. The van der Waals surface area contributed by atoms with E-state index in [-0.39, 0.29) is 47.2 Å². The van der Waals surface area contributed by atoms with Crippen LogP contribution in [0.25, 0.3) is 0 Å². The van der Waals surface area contributed by atoms with Gasteiger partial charge in [0.25, 0.3) is 15.9 Å². The molecule has 1 unspecified atom stereocenters. The van der Waals surface area contributed by atoms with Crippen molar-refractivity contribution < 1.29 is 50.5 Å². The number of hydrogen-bond acceptors (Lipinski definition) is 9. The van der Waals surface area contributed by atoms with Crippen molar-refractivity contribution in [3.63, 3.8) is 0 Å². The van der Waals surface area contributed by atoms with Gasteiger partial charge in [0.15, 0.2) is 11.3 Å². The predicted molar refractivity (Wildman–Crippen MR) is 171 cm³/mol. The SMILES string of the molecule is COc1ccc(S(=O)(=O)N2C(=O)C(c3cc(C)ccc3OC)(N3C[C@@H](O)C[C@@H]3C(=O)N(C)C)c3cc(C4CC4)ccc32)c(OC(F)(F)F)c1. The third kappa shape index (κ3) is 5.76. The first kappa shape index (κ1) is 34.5. The molecule has 2 aliphatic heterocycles. The Morgan fingerprint density at radius 3 is 2.31 bits per heavy atom. The topological polar surface area (TPSA) is 126 Å². The number of aliphatic hydroxyl groups excluding tert-OH is 1. The lowest BCUT2D eigenvalue weighted by atomic mass is 9.79. The number of benzene rings is 3. The van der Waals surface area contributed by atoms with E-state index in [2.05, 4.69) is 4.74 Å². The lowest BCUT2D eigenvalue weighted by Crippen LogP contribution is -2.59. The number of halogens is 3. The Morgan fingerprint density at radius 1 is 0.980 bits per heavy atom. The van der Waals surface area contributed by atoms with E-state index in [1.807, 2.05) is 0 Å². The summed E-state index contributed by atoms with van der Waals surface area (Å²) >= 11 is 0. The largest absolute Gasteiger partial charge is 0.573 e. The molecule has 6 rings (SSSR count). The molecule has 49 heavy (non-hydrogen) atoms. The van der Waals surface area contributed by atoms with Gasteiger partial charge in [-0.2, -0.15) is 0 Å². The average molecular weight is 704 g/mol. The first-order valence-electron chi connectivity index (χ1n) is 15.5. The monoisotopic (exact) mass is 703 g/mol. The zero-order valence-electron chi connectivity index (χ0n) is 27.4. The minimum Gasteiger partial charge on any atom is -0.497 e. The average Bonchev–Trinajstić information content (AvgIpc) is 3.76. The molecule has 0 spiro atoms. The minimum atomic E-state index is -5.28. The fraction of sp³-hybridized carbons (Fsp3) is 0.412. The molecule has 11 nitrogen and oxygen atoms in total. The molecule has 1 N–H and O–H groups in total. The first-order chi connectivity index (χ1) is 23.0. The van der Waals surface area contributed by atoms with Crippen LogP contribution < -0.4 is 18.5 Å². The fourth-order valence-electron chi connectivity index (χ4n) is 6.95. The summed E-state index contributed by atoms with van der Waals surface area (Å²) in [6, 6.07) is 11.6. The van der Waals surface area contributed by atoms with Crippen LogP contribution in [-0.2, 0) is 25.2 Å². The van der Waals surface area contributed by atoms with Gasteiger partial charge in [0, 0.05) is 37.8 Å². The van der Waals surface area contributed by atoms with E-state index in [1.165, 1.54) is 44.2 Å². The van der Waals surface area contributed by atoms with Crippen LogP contribution in [0.1, 0.15) is 47.4 Å². The number of likely N-dealkylation sites (N-methyl/N-ethyl adjacent to an activating group) is 1. The zero-order chi connectivity index (χ0) is 35.6. The van der Waals surface area contributed by atoms with Crippen molar-refractivity contribution in [1.82, 2.24) is 9.80 Å². The molecule has 2 amide bonds. The highest BCUT2D eigenvalue weighted by Crippen LogP contribution is 2.56. The Labute approximate surface area is 281 Å². The van der Waals surface area contributed by atoms with Crippen molar-refractivity contribution in [2.45, 2.75) is 61.0 Å². The second-order valence-corrected chi connectivity index (χ2v) is 14.4. The molecule has 15 heteroatoms. The number of likely N-dealkylation sites (tertiary alicyclic amines) is 1. The Balaban J connectivity index is 1.69. The third-order valence-electron chi connectivity index (χ3n) is 9.25. The van der Waals surface area contributed by atoms with Crippen LogP contribution in [0.4, 0.5) is 18.9 Å². The second kappa shape index (κ2) is 12.2. The molecule has 1 saturated heterocycles. The molecule has 262 valence electrons. The van der Waals surface area contributed by atoms with Crippen LogP contribution in [0, 0.1) is 6.92 Å². The molecular formula is C34H36F3N3O8S. The van der Waals surface area contributed by atoms with E-state index in [0.29, 0.717) is 9.87 Å². The molecule has 1 saturated carbocycles. The number of alkyl halides is 3. The lowest BCUT2D eigenvalue weighted by molar-refractivity contribution is -0.275. The number of carbonyl (C=O) groups excluding carboxylic acids is 2. The van der Waals surface area contributed by atoms with E-state index in [0.717, 1.165) is 36.6 Å². The van der Waals surface area contributed by atoms with Crippen LogP contribution in [0.3, 0.4) is 0 Å². The number of rotatable bonds is 9. The number of aliphatic hydroxyl groups is 1. The first-order valence-corrected chi connectivity index (χ1v) is 17.0. The maximum absolute atomic E-state index is 15.5. The van der Waals surface area contributed by atoms with Gasteiger partial charge in [0.2, 0.25) is 5.91 Å². The molecule has 0 radical (unpaired) electrons. The number of aryl methyl sites for hydroxylation is 1. The van der Waals surface area contributed by atoms with Crippen molar-refractivity contribution in [2.75, 3.05) is 39.2 Å². The number of methoxy groups -OCH3 is 2. The summed E-state index contributed by atoms with van der Waals surface area (Å²) in [6.45, 7) is 1.56. The molecule has 2 fully saturated rings. The Kier molecular flexibility index (Phi) is 8.60. The van der Waals surface area contributed by atoms with Gasteiger partial charge in [0.05, 0.1) is 32.1 Å². The summed E-state index contributed by atoms with van der Waals surface area (Å²) in [5.74, 6) is -2.40. The number of hydrogen-bond donors (Lipinski definition) is 1. The van der Waals surface area contributed by atoms with Gasteiger partial charge in [-0.05, 0) is 68.0 Å². The van der Waals surface area contributed by atoms with E-state index in [4.69, 9.17) is 9.47 Å². The highest BCUT2D eigenvalue weighted by atomic mass is 32.2. The maximum atomic E-state index is 15.5. The van der Waals surface area contributed by atoms with Gasteiger partial charge in [-0.15, -0.1) is 13.2 Å². The quantitative estimate of drug-likeness (QED) is 0.348. The Hall–Kier alpha value is -4.34. The summed E-state index contributed by atoms with van der Waals surface area (Å²) in [7, 11) is 0.466. The normalized spacial score (nSPS) is 22.6. The maximum Gasteiger partial charge on any atom is 0.573 e. The predicted octanol–water partition coefficient (Wildman–Crippen LogP) is 4.29. The summed E-state index contributed by atoms with van der Waals surface area (Å²) < 4.78 is 85.8. The third-order valence-corrected chi connectivity index (χ3v) is 11.0. The lowest BCUT2D eigenvalue weighted by Gasteiger charge is -2.42. The molecule has 0 bridgehead atoms. The number of ether oxygens (including phenoxy) is 3. The van der Waals surface area contributed by atoms with E-state index in [9.17, 15) is 31.5 Å². The van der Waals surface area contributed by atoms with Crippen LogP contribution in [0.15, 0.2) is 59.5 Å². The van der Waals surface area contributed by atoms with Gasteiger partial charge in [-0.25, -0.2) is 12.7 Å². The number of sulfonamides is 1. The van der Waals surface area contributed by atoms with Crippen molar-refractivity contribution in [3.05, 3.63) is 76.9 Å². The molecule has 2 heterocycles. The Morgan fingerprint density at radius 2 is 1.69 bits per heavy atom. The van der Waals surface area contributed by atoms with Gasteiger partial charge < -0.3 is 24.2 Å². The number of amides is 2. The zero-order valence-corrected chi connectivity index (χ0v) is 28.3. The number of nitrogens with zero attached hydrogens (tertiary/aromatic N) is 3. The van der Waals surface area contributed by atoms with Crippen LogP contribution in [-0.4, -0.2) is 88.5 Å². The summed E-state index contributed by atoms with van der Waals surface area (Å²) in [4.78, 5) is 31.1. The van der Waals surface area contributed by atoms with Gasteiger partial charge in [-0.1, -0.05) is 23.8 Å². The summed E-state index contributed by atoms with van der Waals surface area (Å²) in [5, 5.41) is 11.1. The molecular weight excluding hydrogens is 667 g/mol. The minimum absolute atomic E-state index is 0.0629. The molecule has 3 aliphatic rings. The highest BCUT2D eigenvalue weighted by Gasteiger charge is 2.64. The summed E-state index contributed by atoms with van der Waals surface area (Å²) in [6.07, 6.45) is -4.70. The summed E-state index contributed by atoms with van der Waals surface area (Å²) in [5.41, 5.74) is -0.316. The number of fused-ring (bicyclic) bond motifs is 1. The molecule has 3 atom stereocenters. The molecule has 3 aromatic rings.